The fourth-order valence-electron chi connectivity index (χ4n) is 3.06. The van der Waals surface area contributed by atoms with Crippen molar-refractivity contribution in [2.45, 2.75) is 37.2 Å². The van der Waals surface area contributed by atoms with Crippen LogP contribution in [0.25, 0.3) is 5.57 Å². The number of amides is 1. The number of ether oxygens (including phenoxy) is 1. The van der Waals surface area contributed by atoms with Crippen molar-refractivity contribution in [3.05, 3.63) is 53.9 Å². The topological polar surface area (TPSA) is 97.6 Å². The smallest absolute Gasteiger partial charge is 0.407 e. The Bertz CT molecular complexity index is 976. The third kappa shape index (κ3) is 4.16. The van der Waals surface area contributed by atoms with E-state index in [1.807, 2.05) is 0 Å². The van der Waals surface area contributed by atoms with E-state index in [9.17, 15) is 18.3 Å². The summed E-state index contributed by atoms with van der Waals surface area (Å²) in [6.45, 7) is -0.0392. The summed E-state index contributed by atoms with van der Waals surface area (Å²) >= 11 is 0. The van der Waals surface area contributed by atoms with Crippen molar-refractivity contribution in [3.63, 3.8) is 0 Å². The molecular formula is C19H22N2O5S. The molecule has 0 saturated heterocycles. The summed E-state index contributed by atoms with van der Waals surface area (Å²) in [7, 11) is -2.45. The van der Waals surface area contributed by atoms with E-state index in [-0.39, 0.29) is 17.3 Å². The van der Waals surface area contributed by atoms with Crippen LogP contribution in [-0.4, -0.2) is 30.6 Å². The molecule has 1 aliphatic carbocycles. The van der Waals surface area contributed by atoms with E-state index in [2.05, 4.69) is 11.4 Å². The number of rotatable bonds is 5. The highest BCUT2D eigenvalue weighted by molar-refractivity contribution is 7.90. The SMILES string of the molecule is CNC(=O)OCc1cc(C2=CCCCC2)n(S(=O)(=O)c2cccc(O)c2)c1. The molecule has 1 heterocycles. The van der Waals surface area contributed by atoms with Gasteiger partial charge in [0.1, 0.15) is 12.4 Å². The van der Waals surface area contributed by atoms with Crippen LogP contribution >= 0.6 is 0 Å². The number of hydrogen-bond acceptors (Lipinski definition) is 5. The van der Waals surface area contributed by atoms with Gasteiger partial charge in [-0.3, -0.25) is 0 Å². The van der Waals surface area contributed by atoms with E-state index < -0.39 is 16.1 Å². The molecule has 144 valence electrons. The summed E-state index contributed by atoms with van der Waals surface area (Å²) < 4.78 is 32.6. The number of carbonyl (C=O) groups excluding carboxylic acids is 1. The summed E-state index contributed by atoms with van der Waals surface area (Å²) in [4.78, 5) is 11.3. The van der Waals surface area contributed by atoms with Crippen LogP contribution in [0.3, 0.4) is 0 Å². The minimum absolute atomic E-state index is 0.00507. The number of aromatic nitrogens is 1. The zero-order chi connectivity index (χ0) is 19.4. The molecule has 8 heteroatoms. The fourth-order valence-corrected chi connectivity index (χ4v) is 4.51. The molecule has 1 aliphatic rings. The van der Waals surface area contributed by atoms with E-state index in [1.54, 1.807) is 6.07 Å². The second kappa shape index (κ2) is 7.87. The van der Waals surface area contributed by atoms with Crippen molar-refractivity contribution < 1.29 is 23.1 Å². The number of phenolic OH excluding ortho intramolecular Hbond substituents is 1. The Kier molecular flexibility index (Phi) is 5.55. The number of aromatic hydroxyl groups is 1. The third-order valence-electron chi connectivity index (χ3n) is 4.41. The first-order chi connectivity index (χ1) is 12.9. The lowest BCUT2D eigenvalue weighted by molar-refractivity contribution is 0.142. The molecule has 2 aromatic rings. The molecule has 0 atom stereocenters. The number of hydrogen-bond donors (Lipinski definition) is 2. The summed E-state index contributed by atoms with van der Waals surface area (Å²) in [6.07, 6.45) is 6.69. The number of phenols is 1. The summed E-state index contributed by atoms with van der Waals surface area (Å²) in [5.41, 5.74) is 2.09. The monoisotopic (exact) mass is 390 g/mol. The highest BCUT2D eigenvalue weighted by Gasteiger charge is 2.24. The Balaban J connectivity index is 2.05. The molecule has 7 nitrogen and oxygen atoms in total. The average molecular weight is 390 g/mol. The molecule has 1 amide bonds. The normalized spacial score (nSPS) is 14.5. The Morgan fingerprint density at radius 1 is 1.30 bits per heavy atom. The molecule has 2 N–H and O–H groups in total. The molecule has 0 radical (unpaired) electrons. The predicted octanol–water partition coefficient (Wildman–Crippen LogP) is 3.24. The van der Waals surface area contributed by atoms with Crippen LogP contribution in [0.1, 0.15) is 36.9 Å². The summed E-state index contributed by atoms with van der Waals surface area (Å²) in [5.74, 6) is -0.121. The Hall–Kier alpha value is -2.74. The van der Waals surface area contributed by atoms with Gasteiger partial charge in [0.05, 0.1) is 10.6 Å². The number of benzene rings is 1. The number of carbonyl (C=O) groups is 1. The number of allylic oxidation sites excluding steroid dienone is 2. The van der Waals surface area contributed by atoms with Crippen LogP contribution in [0.15, 0.2) is 47.5 Å². The van der Waals surface area contributed by atoms with Gasteiger partial charge in [0.2, 0.25) is 0 Å². The van der Waals surface area contributed by atoms with Gasteiger partial charge >= 0.3 is 6.09 Å². The first-order valence-electron chi connectivity index (χ1n) is 8.71. The van der Waals surface area contributed by atoms with Crippen LogP contribution in [0.2, 0.25) is 0 Å². The third-order valence-corrected chi connectivity index (χ3v) is 6.08. The van der Waals surface area contributed by atoms with E-state index in [1.165, 1.54) is 41.5 Å². The van der Waals surface area contributed by atoms with Gasteiger partial charge in [-0.05, 0) is 49.5 Å². The molecule has 27 heavy (non-hydrogen) atoms. The Morgan fingerprint density at radius 3 is 2.78 bits per heavy atom. The second-order valence-electron chi connectivity index (χ2n) is 6.33. The van der Waals surface area contributed by atoms with Gasteiger partial charge in [-0.2, -0.15) is 0 Å². The molecule has 0 spiro atoms. The average Bonchev–Trinajstić information content (AvgIpc) is 3.12. The minimum Gasteiger partial charge on any atom is -0.508 e. The molecular weight excluding hydrogens is 368 g/mol. The van der Waals surface area contributed by atoms with Crippen LogP contribution in [-0.2, 0) is 21.4 Å². The maximum atomic E-state index is 13.2. The van der Waals surface area contributed by atoms with Crippen molar-refractivity contribution >= 4 is 21.7 Å². The van der Waals surface area contributed by atoms with Crippen molar-refractivity contribution in [2.24, 2.45) is 0 Å². The molecule has 1 aromatic carbocycles. The van der Waals surface area contributed by atoms with Crippen LogP contribution in [0.4, 0.5) is 4.79 Å². The molecule has 3 rings (SSSR count). The highest BCUT2D eigenvalue weighted by Crippen LogP contribution is 2.31. The molecule has 0 aliphatic heterocycles. The van der Waals surface area contributed by atoms with Crippen molar-refractivity contribution in [2.75, 3.05) is 7.05 Å². The molecule has 0 unspecified atom stereocenters. The maximum Gasteiger partial charge on any atom is 0.407 e. The van der Waals surface area contributed by atoms with Crippen molar-refractivity contribution in [3.8, 4) is 5.75 Å². The predicted molar refractivity (Wildman–Crippen MR) is 101 cm³/mol. The summed E-state index contributed by atoms with van der Waals surface area (Å²) in [5, 5.41) is 12.0. The van der Waals surface area contributed by atoms with Crippen LogP contribution < -0.4 is 5.32 Å². The quantitative estimate of drug-likeness (QED) is 0.817. The van der Waals surface area contributed by atoms with Gasteiger partial charge in [0, 0.05) is 24.9 Å². The lowest BCUT2D eigenvalue weighted by Gasteiger charge is -2.16. The molecule has 0 bridgehead atoms. The number of alkyl carbamates (subject to hydrolysis) is 1. The first kappa shape index (κ1) is 19.0. The zero-order valence-electron chi connectivity index (χ0n) is 15.0. The standard InChI is InChI=1S/C19H22N2O5S/c1-20-19(23)26-13-14-10-18(15-6-3-2-4-7-15)21(12-14)27(24,25)17-9-5-8-16(22)11-17/h5-6,8-12,22H,2-4,7,13H2,1H3,(H,20,23). The lowest BCUT2D eigenvalue weighted by Crippen LogP contribution is -2.18. The van der Waals surface area contributed by atoms with Crippen molar-refractivity contribution in [1.29, 1.82) is 0 Å². The van der Waals surface area contributed by atoms with Gasteiger partial charge < -0.3 is 15.2 Å². The second-order valence-corrected chi connectivity index (χ2v) is 8.15. The largest absolute Gasteiger partial charge is 0.508 e. The van der Waals surface area contributed by atoms with Gasteiger partial charge in [0.15, 0.2) is 0 Å². The van der Waals surface area contributed by atoms with Crippen LogP contribution in [0.5, 0.6) is 5.75 Å². The highest BCUT2D eigenvalue weighted by atomic mass is 32.2. The van der Waals surface area contributed by atoms with E-state index in [4.69, 9.17) is 4.74 Å². The van der Waals surface area contributed by atoms with Gasteiger partial charge in [-0.1, -0.05) is 12.1 Å². The zero-order valence-corrected chi connectivity index (χ0v) is 15.8. The van der Waals surface area contributed by atoms with Crippen LogP contribution in [0, 0.1) is 0 Å². The molecule has 0 saturated carbocycles. The van der Waals surface area contributed by atoms with Gasteiger partial charge in [-0.15, -0.1) is 0 Å². The summed E-state index contributed by atoms with van der Waals surface area (Å²) in [6, 6.07) is 7.30. The number of nitrogens with one attached hydrogen (secondary N) is 1. The first-order valence-corrected chi connectivity index (χ1v) is 10.2. The van der Waals surface area contributed by atoms with E-state index in [0.29, 0.717) is 11.3 Å². The van der Waals surface area contributed by atoms with Gasteiger partial charge in [-0.25, -0.2) is 17.2 Å². The Labute approximate surface area is 158 Å². The Morgan fingerprint density at radius 2 is 2.11 bits per heavy atom. The lowest BCUT2D eigenvalue weighted by atomic mass is 9.97. The maximum absolute atomic E-state index is 13.2. The molecule has 1 aromatic heterocycles. The van der Waals surface area contributed by atoms with E-state index >= 15 is 0 Å². The van der Waals surface area contributed by atoms with Gasteiger partial charge in [0.25, 0.3) is 10.0 Å². The fraction of sp³-hybridized carbons (Fsp3) is 0.316. The minimum atomic E-state index is -3.91. The van der Waals surface area contributed by atoms with Crippen molar-refractivity contribution in [1.82, 2.24) is 9.29 Å². The van der Waals surface area contributed by atoms with E-state index in [0.717, 1.165) is 31.3 Å². The number of nitrogens with zero attached hydrogens (tertiary/aromatic N) is 1. The molecule has 0 fully saturated rings.